The molecule has 2 aliphatic heterocycles. The highest BCUT2D eigenvalue weighted by molar-refractivity contribution is 7.00. The van der Waals surface area contributed by atoms with Gasteiger partial charge in [0.1, 0.15) is 17.3 Å². The molecule has 1 aromatic heterocycles. The molecule has 3 heterocycles. The van der Waals surface area contributed by atoms with E-state index in [2.05, 4.69) is 8.75 Å². The molecule has 15 heteroatoms. The highest BCUT2D eigenvalue weighted by Crippen LogP contribution is 2.48. The monoisotopic (exact) mass is 870 g/mol. The van der Waals surface area contributed by atoms with E-state index in [1.165, 1.54) is 7.11 Å². The van der Waals surface area contributed by atoms with Crippen molar-refractivity contribution in [2.75, 3.05) is 27.4 Å². The van der Waals surface area contributed by atoms with Crippen molar-refractivity contribution in [1.82, 2.24) is 8.75 Å². The van der Waals surface area contributed by atoms with E-state index in [1.807, 2.05) is 67.5 Å². The van der Waals surface area contributed by atoms with E-state index in [0.717, 1.165) is 24.4 Å². The minimum Gasteiger partial charge on any atom is -0.493 e. The molecule has 0 radical (unpaired) electrons. The van der Waals surface area contributed by atoms with Gasteiger partial charge in [-0.2, -0.15) is 8.75 Å². The first-order chi connectivity index (χ1) is 29.6. The van der Waals surface area contributed by atoms with Crippen LogP contribution in [-0.2, 0) is 21.7 Å². The van der Waals surface area contributed by atoms with Crippen molar-refractivity contribution in [2.24, 2.45) is 0 Å². The molecular formula is C47H54N2O12S. The molecule has 5 aromatic rings. The van der Waals surface area contributed by atoms with Crippen molar-refractivity contribution in [3.8, 4) is 46.0 Å². The molecule has 0 saturated carbocycles. The highest BCUT2D eigenvalue weighted by Gasteiger charge is 2.48. The van der Waals surface area contributed by atoms with Crippen LogP contribution in [0.1, 0.15) is 88.9 Å². The first-order valence-electron chi connectivity index (χ1n) is 20.5. The van der Waals surface area contributed by atoms with Gasteiger partial charge in [0.05, 0.1) is 69.2 Å². The maximum atomic E-state index is 13.7. The number of aldehydes is 1. The fraction of sp³-hybridized carbons (Fsp3) is 0.404. The number of esters is 1. The Labute approximate surface area is 365 Å². The minimum absolute atomic E-state index is 0.00417. The van der Waals surface area contributed by atoms with E-state index >= 15 is 0 Å². The number of fused-ring (bicyclic) bond motifs is 2. The number of ether oxygens (including phenoxy) is 9. The van der Waals surface area contributed by atoms with Crippen molar-refractivity contribution in [1.29, 1.82) is 0 Å². The number of nitrogens with zero attached hydrogens (tertiary/aromatic N) is 2. The Morgan fingerprint density at radius 3 is 1.89 bits per heavy atom. The number of aliphatic hydroxyl groups is 1. The van der Waals surface area contributed by atoms with Crippen LogP contribution in [-0.4, -0.2) is 78.0 Å². The third kappa shape index (κ3) is 10.3. The molecule has 330 valence electrons. The third-order valence-corrected chi connectivity index (χ3v) is 9.91. The SMILES string of the molecule is COc1cc(C=O)cc(OC(C)C)c1OC(C)C.COc1cc(CC2=C(c3ccc4nsnc4c3)C(=O)OC2(O)c2ccc3c(c2)OCCCO3)cc(OC(C)C)c1OC(C)C. The molecule has 0 spiro atoms. The number of carbonyl (C=O) groups excluding carboxylic acids is 2. The Hall–Kier alpha value is -6.06. The summed E-state index contributed by atoms with van der Waals surface area (Å²) in [6.07, 6.45) is 1.32. The summed E-state index contributed by atoms with van der Waals surface area (Å²) in [6.45, 7) is 16.4. The van der Waals surface area contributed by atoms with Gasteiger partial charge in [-0.05, 0) is 121 Å². The molecule has 62 heavy (non-hydrogen) atoms. The molecule has 0 amide bonds. The van der Waals surface area contributed by atoms with Crippen molar-refractivity contribution in [3.05, 3.63) is 88.5 Å². The Balaban J connectivity index is 0.000000300. The Bertz CT molecular complexity index is 2420. The van der Waals surface area contributed by atoms with Gasteiger partial charge in [0.2, 0.25) is 11.5 Å². The Morgan fingerprint density at radius 2 is 1.27 bits per heavy atom. The van der Waals surface area contributed by atoms with Crippen LogP contribution in [0.2, 0.25) is 0 Å². The van der Waals surface area contributed by atoms with Crippen LogP contribution in [0.15, 0.2) is 66.2 Å². The Morgan fingerprint density at radius 1 is 0.710 bits per heavy atom. The summed E-state index contributed by atoms with van der Waals surface area (Å²) in [4.78, 5) is 24.6. The van der Waals surface area contributed by atoms with Crippen molar-refractivity contribution < 1.29 is 57.3 Å². The second-order valence-electron chi connectivity index (χ2n) is 15.7. The predicted octanol–water partition coefficient (Wildman–Crippen LogP) is 8.92. The van der Waals surface area contributed by atoms with E-state index < -0.39 is 11.8 Å². The zero-order valence-corrected chi connectivity index (χ0v) is 37.5. The van der Waals surface area contributed by atoms with Gasteiger partial charge in [0, 0.05) is 29.5 Å². The second kappa shape index (κ2) is 19.8. The lowest BCUT2D eigenvalue weighted by Gasteiger charge is -2.27. The van der Waals surface area contributed by atoms with Crippen LogP contribution in [0.3, 0.4) is 0 Å². The number of benzene rings is 4. The summed E-state index contributed by atoms with van der Waals surface area (Å²) in [5.41, 5.74) is 4.04. The van der Waals surface area contributed by atoms with Gasteiger partial charge in [0.15, 0.2) is 34.5 Å². The topological polar surface area (TPSA) is 163 Å². The number of aromatic nitrogens is 2. The molecule has 0 bridgehead atoms. The highest BCUT2D eigenvalue weighted by atomic mass is 32.1. The maximum Gasteiger partial charge on any atom is 0.342 e. The molecule has 1 unspecified atom stereocenters. The van der Waals surface area contributed by atoms with Crippen LogP contribution in [0, 0.1) is 0 Å². The smallest absolute Gasteiger partial charge is 0.342 e. The van der Waals surface area contributed by atoms with E-state index in [9.17, 15) is 14.7 Å². The second-order valence-corrected chi connectivity index (χ2v) is 16.2. The predicted molar refractivity (Wildman–Crippen MR) is 235 cm³/mol. The third-order valence-electron chi connectivity index (χ3n) is 9.35. The van der Waals surface area contributed by atoms with E-state index in [-0.39, 0.29) is 36.4 Å². The minimum atomic E-state index is -2.11. The Kier molecular flexibility index (Phi) is 14.5. The van der Waals surface area contributed by atoms with Gasteiger partial charge in [-0.1, -0.05) is 6.07 Å². The van der Waals surface area contributed by atoms with Crippen LogP contribution in [0.25, 0.3) is 16.6 Å². The molecule has 1 atom stereocenters. The quantitative estimate of drug-likeness (QED) is 0.0784. The van der Waals surface area contributed by atoms with Crippen LogP contribution in [0.4, 0.5) is 0 Å². The average Bonchev–Trinajstić information content (AvgIpc) is 3.69. The number of rotatable bonds is 15. The number of cyclic esters (lactones) is 1. The molecule has 1 N–H and O–H groups in total. The van der Waals surface area contributed by atoms with E-state index in [0.29, 0.717) is 98.1 Å². The molecule has 2 aliphatic rings. The summed E-state index contributed by atoms with van der Waals surface area (Å²) < 4.78 is 60.8. The van der Waals surface area contributed by atoms with Crippen molar-refractivity contribution >= 4 is 40.6 Å². The molecule has 0 saturated heterocycles. The number of methoxy groups -OCH3 is 2. The van der Waals surface area contributed by atoms with Crippen LogP contribution < -0.4 is 37.9 Å². The molecule has 7 rings (SSSR count). The lowest BCUT2D eigenvalue weighted by molar-refractivity contribution is -0.185. The number of hydrogen-bond donors (Lipinski definition) is 1. The maximum absolute atomic E-state index is 13.7. The van der Waals surface area contributed by atoms with E-state index in [1.54, 1.807) is 55.6 Å². The van der Waals surface area contributed by atoms with Gasteiger partial charge < -0.3 is 47.7 Å². The fourth-order valence-corrected chi connectivity index (χ4v) is 7.39. The van der Waals surface area contributed by atoms with Gasteiger partial charge in [-0.3, -0.25) is 4.79 Å². The first-order valence-corrected chi connectivity index (χ1v) is 21.2. The summed E-state index contributed by atoms with van der Waals surface area (Å²) >= 11 is 1.09. The van der Waals surface area contributed by atoms with Gasteiger partial charge in [0.25, 0.3) is 5.79 Å². The molecule has 0 aliphatic carbocycles. The van der Waals surface area contributed by atoms with Gasteiger partial charge in [-0.25, -0.2) is 4.79 Å². The van der Waals surface area contributed by atoms with E-state index in [4.69, 9.17) is 42.6 Å². The lowest BCUT2D eigenvalue weighted by Crippen LogP contribution is -2.30. The number of hydrogen-bond acceptors (Lipinski definition) is 15. The standard InChI is InChI=1S/C33H34N2O8S.C14H20O4/c1-18(2)41-29-15-20(14-28(38-5)31(29)42-19(3)4)13-23-30(21-7-9-24-25(16-21)35-44-34-24)32(36)43-33(23,37)22-8-10-26-27(17-22)40-12-6-11-39-26;1-9(2)17-13-7-11(8-15)6-12(16-5)14(13)18-10(3)4/h7-10,14-19,37H,6,11-13H2,1-5H3;6-10H,1-5H3. The zero-order chi connectivity index (χ0) is 44.7. The van der Waals surface area contributed by atoms with Crippen molar-refractivity contribution in [2.45, 2.75) is 98.4 Å². The summed E-state index contributed by atoms with van der Waals surface area (Å²) in [6, 6.07) is 17.4. The normalized spacial score (nSPS) is 16.0. The first kappa shape index (κ1) is 45.5. The summed E-state index contributed by atoms with van der Waals surface area (Å²) in [7, 11) is 3.10. The van der Waals surface area contributed by atoms with Gasteiger partial charge >= 0.3 is 5.97 Å². The average molecular weight is 871 g/mol. The largest absolute Gasteiger partial charge is 0.493 e. The number of carbonyl (C=O) groups is 2. The summed E-state index contributed by atoms with van der Waals surface area (Å²) in [5, 5.41) is 12.3. The van der Waals surface area contributed by atoms with Crippen LogP contribution in [0.5, 0.6) is 46.0 Å². The fourth-order valence-electron chi connectivity index (χ4n) is 6.88. The lowest BCUT2D eigenvalue weighted by atomic mass is 9.87. The van der Waals surface area contributed by atoms with Crippen molar-refractivity contribution in [3.63, 3.8) is 0 Å². The summed E-state index contributed by atoms with van der Waals surface area (Å²) in [5.74, 6) is 1.26. The molecule has 14 nitrogen and oxygen atoms in total. The zero-order valence-electron chi connectivity index (χ0n) is 36.7. The molecule has 4 aromatic carbocycles. The molecular weight excluding hydrogens is 817 g/mol. The van der Waals surface area contributed by atoms with Crippen LogP contribution >= 0.6 is 11.7 Å². The van der Waals surface area contributed by atoms with Gasteiger partial charge in [-0.15, -0.1) is 0 Å². The molecule has 0 fully saturated rings.